The van der Waals surface area contributed by atoms with E-state index >= 15 is 0 Å². The topological polar surface area (TPSA) is 37.3 Å². The average Bonchev–Trinajstić information content (AvgIpc) is 2.82. The maximum absolute atomic E-state index is 11.0. The zero-order valence-electron chi connectivity index (χ0n) is 10.6. The summed E-state index contributed by atoms with van der Waals surface area (Å²) in [6, 6.07) is 11.0. The molecule has 102 valence electrons. The summed E-state index contributed by atoms with van der Waals surface area (Å²) in [5.74, 6) is -0.604. The Balaban J connectivity index is 1.92. The third-order valence-electron chi connectivity index (χ3n) is 3.78. The van der Waals surface area contributed by atoms with Crippen LogP contribution in [0.2, 0.25) is 10.0 Å². The molecule has 0 unspecified atom stereocenters. The van der Waals surface area contributed by atoms with E-state index in [4.69, 9.17) is 28.3 Å². The Hall–Kier alpha value is -1.51. The van der Waals surface area contributed by atoms with Crippen molar-refractivity contribution in [1.82, 2.24) is 0 Å². The van der Waals surface area contributed by atoms with E-state index < -0.39 is 5.97 Å². The number of hydrogen-bond donors (Lipinski definition) is 1. The molecule has 0 fully saturated rings. The molecule has 1 aliphatic carbocycles. The molecule has 0 heterocycles. The highest BCUT2D eigenvalue weighted by Crippen LogP contribution is 2.38. The molecule has 0 bridgehead atoms. The van der Waals surface area contributed by atoms with E-state index in [-0.39, 0.29) is 0 Å². The molecular formula is C16H12Cl2O2. The van der Waals surface area contributed by atoms with E-state index in [0.717, 1.165) is 18.4 Å². The number of benzene rings is 2. The van der Waals surface area contributed by atoms with Crippen LogP contribution in [-0.2, 0) is 12.8 Å². The van der Waals surface area contributed by atoms with Crippen molar-refractivity contribution in [2.24, 2.45) is 0 Å². The van der Waals surface area contributed by atoms with E-state index in [1.54, 1.807) is 18.2 Å². The Kier molecular flexibility index (Phi) is 3.45. The predicted molar refractivity (Wildman–Crippen MR) is 80.0 cm³/mol. The number of halogens is 2. The van der Waals surface area contributed by atoms with Crippen LogP contribution in [0.4, 0.5) is 0 Å². The molecule has 20 heavy (non-hydrogen) atoms. The molecule has 0 aromatic heterocycles. The second-order valence-corrected chi connectivity index (χ2v) is 5.89. The smallest absolute Gasteiger partial charge is 0.335 e. The molecule has 2 aromatic rings. The van der Waals surface area contributed by atoms with Gasteiger partial charge in [-0.05, 0) is 59.7 Å². The van der Waals surface area contributed by atoms with Gasteiger partial charge in [0, 0.05) is 0 Å². The van der Waals surface area contributed by atoms with E-state index in [1.165, 1.54) is 11.1 Å². The summed E-state index contributed by atoms with van der Waals surface area (Å²) in [6.07, 6.45) is 1.74. The number of fused-ring (bicyclic) bond motifs is 1. The lowest BCUT2D eigenvalue weighted by molar-refractivity contribution is 0.0696. The average molecular weight is 307 g/mol. The first-order valence-corrected chi connectivity index (χ1v) is 7.10. The van der Waals surface area contributed by atoms with Crippen LogP contribution in [0.5, 0.6) is 0 Å². The predicted octanol–water partition coefficient (Wildman–Crippen LogP) is 4.57. The monoisotopic (exact) mass is 306 g/mol. The summed E-state index contributed by atoms with van der Waals surface area (Å²) in [6.45, 7) is 0. The molecule has 4 heteroatoms. The van der Waals surface area contributed by atoms with Gasteiger partial charge >= 0.3 is 5.97 Å². The van der Waals surface area contributed by atoms with Gasteiger partial charge in [0.15, 0.2) is 0 Å². The standard InChI is InChI=1S/C16H12Cl2O2/c17-14-7-12-5-11(6-13(12)8-15(14)18)9-2-1-3-10(4-9)16(19)20/h1-4,7-8,11H,5-6H2,(H,19,20). The second kappa shape index (κ2) is 5.12. The minimum absolute atomic E-state index is 0.291. The molecule has 0 radical (unpaired) electrons. The van der Waals surface area contributed by atoms with Crippen molar-refractivity contribution in [2.75, 3.05) is 0 Å². The van der Waals surface area contributed by atoms with E-state index in [1.807, 2.05) is 18.2 Å². The molecule has 0 saturated heterocycles. The van der Waals surface area contributed by atoms with Crippen LogP contribution in [0.3, 0.4) is 0 Å². The molecule has 0 aliphatic heterocycles. The normalized spacial score (nSPS) is 14.3. The van der Waals surface area contributed by atoms with Gasteiger partial charge < -0.3 is 5.11 Å². The zero-order valence-corrected chi connectivity index (χ0v) is 12.1. The van der Waals surface area contributed by atoms with Gasteiger partial charge in [0.25, 0.3) is 0 Å². The first-order chi connectivity index (χ1) is 9.54. The van der Waals surface area contributed by atoms with Crippen molar-refractivity contribution in [3.05, 3.63) is 68.7 Å². The summed E-state index contributed by atoms with van der Waals surface area (Å²) in [4.78, 5) is 11.0. The van der Waals surface area contributed by atoms with Crippen molar-refractivity contribution in [1.29, 1.82) is 0 Å². The lowest BCUT2D eigenvalue weighted by Gasteiger charge is -2.10. The Morgan fingerprint density at radius 3 is 2.20 bits per heavy atom. The van der Waals surface area contributed by atoms with Crippen LogP contribution in [-0.4, -0.2) is 11.1 Å². The molecule has 0 amide bonds. The molecule has 1 N–H and O–H groups in total. The highest BCUT2D eigenvalue weighted by Gasteiger charge is 2.24. The Bertz CT molecular complexity index is 664. The number of carboxylic acids is 1. The van der Waals surface area contributed by atoms with Gasteiger partial charge in [-0.15, -0.1) is 0 Å². The Morgan fingerprint density at radius 1 is 1.05 bits per heavy atom. The molecule has 0 atom stereocenters. The molecule has 1 aliphatic rings. The Morgan fingerprint density at radius 2 is 1.65 bits per heavy atom. The molecule has 3 rings (SSSR count). The molecule has 2 aromatic carbocycles. The molecular weight excluding hydrogens is 295 g/mol. The molecule has 0 saturated carbocycles. The first kappa shape index (κ1) is 13.5. The quantitative estimate of drug-likeness (QED) is 0.882. The molecule has 2 nitrogen and oxygen atoms in total. The van der Waals surface area contributed by atoms with Crippen molar-refractivity contribution < 1.29 is 9.90 Å². The van der Waals surface area contributed by atoms with Crippen molar-refractivity contribution in [3.63, 3.8) is 0 Å². The lowest BCUT2D eigenvalue weighted by atomic mass is 9.95. The molecule has 0 spiro atoms. The third kappa shape index (κ3) is 2.41. The number of hydrogen-bond acceptors (Lipinski definition) is 1. The lowest BCUT2D eigenvalue weighted by Crippen LogP contribution is -2.02. The fourth-order valence-electron chi connectivity index (χ4n) is 2.77. The zero-order chi connectivity index (χ0) is 14.3. The van der Waals surface area contributed by atoms with Gasteiger partial charge in [-0.1, -0.05) is 35.3 Å². The highest BCUT2D eigenvalue weighted by atomic mass is 35.5. The summed E-state index contributed by atoms with van der Waals surface area (Å²) in [7, 11) is 0. The number of rotatable bonds is 2. The van der Waals surface area contributed by atoms with Crippen LogP contribution in [0.15, 0.2) is 36.4 Å². The minimum atomic E-state index is -0.895. The number of carboxylic acid groups (broad SMARTS) is 1. The summed E-state index contributed by atoms with van der Waals surface area (Å²) in [5, 5.41) is 10.2. The van der Waals surface area contributed by atoms with Crippen molar-refractivity contribution >= 4 is 29.2 Å². The van der Waals surface area contributed by atoms with E-state index in [9.17, 15) is 4.79 Å². The van der Waals surface area contributed by atoms with Crippen LogP contribution in [0.25, 0.3) is 0 Å². The minimum Gasteiger partial charge on any atom is -0.478 e. The first-order valence-electron chi connectivity index (χ1n) is 6.34. The van der Waals surface area contributed by atoms with Gasteiger partial charge in [0.05, 0.1) is 15.6 Å². The van der Waals surface area contributed by atoms with Crippen LogP contribution in [0.1, 0.15) is 33.0 Å². The van der Waals surface area contributed by atoms with Gasteiger partial charge in [0.2, 0.25) is 0 Å². The van der Waals surface area contributed by atoms with Crippen molar-refractivity contribution in [3.8, 4) is 0 Å². The van der Waals surface area contributed by atoms with Crippen molar-refractivity contribution in [2.45, 2.75) is 18.8 Å². The van der Waals surface area contributed by atoms with Crippen LogP contribution in [0, 0.1) is 0 Å². The fraction of sp³-hybridized carbons (Fsp3) is 0.188. The third-order valence-corrected chi connectivity index (χ3v) is 4.50. The summed E-state index contributed by atoms with van der Waals surface area (Å²) < 4.78 is 0. The largest absolute Gasteiger partial charge is 0.478 e. The maximum Gasteiger partial charge on any atom is 0.335 e. The van der Waals surface area contributed by atoms with E-state index in [2.05, 4.69) is 0 Å². The number of carbonyl (C=O) groups is 1. The highest BCUT2D eigenvalue weighted by molar-refractivity contribution is 6.42. The second-order valence-electron chi connectivity index (χ2n) is 5.07. The SMILES string of the molecule is O=C(O)c1cccc(C2Cc3cc(Cl)c(Cl)cc3C2)c1. The number of aromatic carboxylic acids is 1. The van der Waals surface area contributed by atoms with Crippen LogP contribution < -0.4 is 0 Å². The van der Waals surface area contributed by atoms with Gasteiger partial charge in [0.1, 0.15) is 0 Å². The van der Waals surface area contributed by atoms with Gasteiger partial charge in [-0.3, -0.25) is 0 Å². The fourth-order valence-corrected chi connectivity index (χ4v) is 3.15. The van der Waals surface area contributed by atoms with E-state index in [0.29, 0.717) is 21.5 Å². The Labute approximate surface area is 127 Å². The maximum atomic E-state index is 11.0. The van der Waals surface area contributed by atoms with Gasteiger partial charge in [-0.2, -0.15) is 0 Å². The van der Waals surface area contributed by atoms with Gasteiger partial charge in [-0.25, -0.2) is 4.79 Å². The van der Waals surface area contributed by atoms with Crippen LogP contribution >= 0.6 is 23.2 Å². The summed E-state index contributed by atoms with van der Waals surface area (Å²) >= 11 is 12.1. The summed E-state index contributed by atoms with van der Waals surface area (Å²) in [5.41, 5.74) is 3.78.